The largest absolute Gasteiger partial charge is 0.348 e. The van der Waals surface area contributed by atoms with Gasteiger partial charge in [0.2, 0.25) is 5.91 Å². The SMILES string of the molecule is C=CCn1c(=O)n(CC=C)c(=O)n(CC(=O)N[C@H](C)c2ccc3c(c2)CCCC3)c1=O. The van der Waals surface area contributed by atoms with Crippen LogP contribution in [0.2, 0.25) is 0 Å². The van der Waals surface area contributed by atoms with Gasteiger partial charge in [-0.2, -0.15) is 0 Å². The first-order valence-corrected chi connectivity index (χ1v) is 10.4. The molecule has 0 fully saturated rings. The molecular formula is C23H28N4O4. The summed E-state index contributed by atoms with van der Waals surface area (Å²) in [5.74, 6) is -0.488. The maximum atomic E-state index is 12.7. The van der Waals surface area contributed by atoms with E-state index in [1.807, 2.05) is 13.0 Å². The Kier molecular flexibility index (Phi) is 6.89. The average molecular weight is 425 g/mol. The van der Waals surface area contributed by atoms with E-state index in [1.54, 1.807) is 0 Å². The number of hydrogen-bond donors (Lipinski definition) is 1. The Morgan fingerprint density at radius 1 is 0.968 bits per heavy atom. The van der Waals surface area contributed by atoms with E-state index in [9.17, 15) is 19.2 Å². The van der Waals surface area contributed by atoms with Crippen molar-refractivity contribution in [3.8, 4) is 0 Å². The minimum Gasteiger partial charge on any atom is -0.348 e. The van der Waals surface area contributed by atoms with Crippen LogP contribution in [-0.4, -0.2) is 19.6 Å². The Labute approximate surface area is 180 Å². The van der Waals surface area contributed by atoms with Gasteiger partial charge in [0.25, 0.3) is 0 Å². The third kappa shape index (κ3) is 4.68. The Morgan fingerprint density at radius 3 is 2.10 bits per heavy atom. The van der Waals surface area contributed by atoms with Gasteiger partial charge in [-0.15, -0.1) is 13.2 Å². The number of fused-ring (bicyclic) bond motifs is 1. The first-order valence-electron chi connectivity index (χ1n) is 10.4. The van der Waals surface area contributed by atoms with Gasteiger partial charge in [-0.3, -0.25) is 4.79 Å². The second-order valence-electron chi connectivity index (χ2n) is 7.76. The zero-order valence-electron chi connectivity index (χ0n) is 17.8. The average Bonchev–Trinajstić information content (AvgIpc) is 2.77. The number of benzene rings is 1. The number of carbonyl (C=O) groups excluding carboxylic acids is 1. The van der Waals surface area contributed by atoms with Crippen LogP contribution >= 0.6 is 0 Å². The van der Waals surface area contributed by atoms with Gasteiger partial charge in [0.1, 0.15) is 6.54 Å². The lowest BCUT2D eigenvalue weighted by Crippen LogP contribution is -2.55. The summed E-state index contributed by atoms with van der Waals surface area (Å²) < 4.78 is 2.51. The van der Waals surface area contributed by atoms with Gasteiger partial charge in [-0.1, -0.05) is 30.4 Å². The molecule has 1 atom stereocenters. The molecule has 1 aromatic heterocycles. The van der Waals surface area contributed by atoms with Gasteiger partial charge in [0, 0.05) is 0 Å². The van der Waals surface area contributed by atoms with E-state index in [0.717, 1.165) is 38.5 Å². The fourth-order valence-electron chi connectivity index (χ4n) is 3.93. The molecule has 1 aliphatic rings. The third-order valence-corrected chi connectivity index (χ3v) is 5.56. The van der Waals surface area contributed by atoms with Crippen LogP contribution < -0.4 is 22.4 Å². The van der Waals surface area contributed by atoms with Gasteiger partial charge in [-0.25, -0.2) is 28.1 Å². The highest BCUT2D eigenvalue weighted by Gasteiger charge is 2.18. The summed E-state index contributed by atoms with van der Waals surface area (Å²) in [4.78, 5) is 50.4. The van der Waals surface area contributed by atoms with Crippen LogP contribution in [0.4, 0.5) is 0 Å². The summed E-state index contributed by atoms with van der Waals surface area (Å²) in [6.45, 7) is 8.31. The van der Waals surface area contributed by atoms with Crippen LogP contribution in [0.5, 0.6) is 0 Å². The fourth-order valence-corrected chi connectivity index (χ4v) is 3.93. The normalized spacial score (nSPS) is 13.8. The molecule has 0 bridgehead atoms. The molecule has 1 heterocycles. The number of nitrogens with one attached hydrogen (secondary N) is 1. The van der Waals surface area contributed by atoms with Crippen molar-refractivity contribution >= 4 is 5.91 Å². The van der Waals surface area contributed by atoms with Crippen LogP contribution in [0, 0.1) is 0 Å². The van der Waals surface area contributed by atoms with Crippen molar-refractivity contribution in [3.63, 3.8) is 0 Å². The van der Waals surface area contributed by atoms with E-state index >= 15 is 0 Å². The number of nitrogens with zero attached hydrogens (tertiary/aromatic N) is 3. The van der Waals surface area contributed by atoms with Gasteiger partial charge in [0.15, 0.2) is 0 Å². The molecule has 0 unspecified atom stereocenters. The summed E-state index contributed by atoms with van der Waals surface area (Å²) >= 11 is 0. The summed E-state index contributed by atoms with van der Waals surface area (Å²) in [6.07, 6.45) is 7.24. The van der Waals surface area contributed by atoms with E-state index in [-0.39, 0.29) is 19.1 Å². The fraction of sp³-hybridized carbons (Fsp3) is 0.391. The van der Waals surface area contributed by atoms with Crippen molar-refractivity contribution in [2.24, 2.45) is 0 Å². The van der Waals surface area contributed by atoms with Crippen molar-refractivity contribution in [3.05, 3.63) is 91.7 Å². The maximum absolute atomic E-state index is 12.7. The molecule has 1 N–H and O–H groups in total. The van der Waals surface area contributed by atoms with E-state index in [2.05, 4.69) is 30.6 Å². The maximum Gasteiger partial charge on any atom is 0.337 e. The lowest BCUT2D eigenvalue weighted by Gasteiger charge is -2.20. The number of hydrogen-bond acceptors (Lipinski definition) is 4. The molecule has 8 nitrogen and oxygen atoms in total. The predicted molar refractivity (Wildman–Crippen MR) is 119 cm³/mol. The highest BCUT2D eigenvalue weighted by molar-refractivity contribution is 5.76. The van der Waals surface area contributed by atoms with E-state index in [0.29, 0.717) is 0 Å². The molecule has 3 rings (SSSR count). The molecule has 0 radical (unpaired) electrons. The first-order chi connectivity index (χ1) is 14.9. The Hall–Kier alpha value is -3.42. The topological polar surface area (TPSA) is 95.1 Å². The molecule has 2 aromatic rings. The minimum atomic E-state index is -0.841. The van der Waals surface area contributed by atoms with Crippen LogP contribution in [0.1, 0.15) is 42.5 Å². The Morgan fingerprint density at radius 2 is 1.52 bits per heavy atom. The predicted octanol–water partition coefficient (Wildman–Crippen LogP) is 1.30. The van der Waals surface area contributed by atoms with Crippen molar-refractivity contribution in [1.82, 2.24) is 19.0 Å². The summed E-state index contributed by atoms with van der Waals surface area (Å²) in [6, 6.07) is 5.94. The van der Waals surface area contributed by atoms with Crippen LogP contribution in [0.3, 0.4) is 0 Å². The van der Waals surface area contributed by atoms with Crippen molar-refractivity contribution in [2.45, 2.75) is 58.3 Å². The van der Waals surface area contributed by atoms with Gasteiger partial charge in [-0.05, 0) is 49.3 Å². The lowest BCUT2D eigenvalue weighted by molar-refractivity contribution is -0.122. The minimum absolute atomic E-state index is 0.0672. The number of rotatable bonds is 8. The standard InChI is InChI=1S/C23H28N4O4/c1-4-12-25-21(29)26(13-5-2)23(31)27(22(25)30)15-20(28)24-16(3)18-11-10-17-8-6-7-9-19(17)14-18/h4-5,10-11,14,16H,1-2,6-9,12-13,15H2,3H3,(H,24,28)/t16-/m1/s1. The summed E-state index contributed by atoms with van der Waals surface area (Å²) in [5.41, 5.74) is 1.20. The van der Waals surface area contributed by atoms with Crippen LogP contribution in [0.15, 0.2) is 57.9 Å². The monoisotopic (exact) mass is 424 g/mol. The van der Waals surface area contributed by atoms with Gasteiger partial charge in [0.05, 0.1) is 19.1 Å². The second kappa shape index (κ2) is 9.59. The van der Waals surface area contributed by atoms with Crippen molar-refractivity contribution in [1.29, 1.82) is 0 Å². The van der Waals surface area contributed by atoms with E-state index in [4.69, 9.17) is 0 Å². The lowest BCUT2D eigenvalue weighted by atomic mass is 9.89. The van der Waals surface area contributed by atoms with Crippen molar-refractivity contribution in [2.75, 3.05) is 0 Å². The summed E-state index contributed by atoms with van der Waals surface area (Å²) in [5, 5.41) is 2.85. The highest BCUT2D eigenvalue weighted by Crippen LogP contribution is 2.24. The highest BCUT2D eigenvalue weighted by atomic mass is 16.2. The quantitative estimate of drug-likeness (QED) is 0.646. The summed E-state index contributed by atoms with van der Waals surface area (Å²) in [7, 11) is 0. The number of amides is 1. The van der Waals surface area contributed by atoms with E-state index < -0.39 is 29.5 Å². The Balaban J connectivity index is 1.85. The van der Waals surface area contributed by atoms with Gasteiger partial charge < -0.3 is 5.32 Å². The number of aromatic nitrogens is 3. The molecule has 1 aromatic carbocycles. The third-order valence-electron chi connectivity index (χ3n) is 5.56. The second-order valence-corrected chi connectivity index (χ2v) is 7.76. The van der Waals surface area contributed by atoms with Crippen molar-refractivity contribution < 1.29 is 4.79 Å². The number of carbonyl (C=O) groups is 1. The molecular weight excluding hydrogens is 396 g/mol. The molecule has 164 valence electrons. The number of aryl methyl sites for hydroxylation is 2. The van der Waals surface area contributed by atoms with Crippen LogP contribution in [0.25, 0.3) is 0 Å². The molecule has 1 amide bonds. The molecule has 0 saturated carbocycles. The van der Waals surface area contributed by atoms with Crippen LogP contribution in [-0.2, 0) is 37.3 Å². The molecule has 0 saturated heterocycles. The molecule has 31 heavy (non-hydrogen) atoms. The molecule has 0 aliphatic heterocycles. The molecule has 0 spiro atoms. The van der Waals surface area contributed by atoms with Gasteiger partial charge >= 0.3 is 17.1 Å². The molecule has 1 aliphatic carbocycles. The smallest absolute Gasteiger partial charge is 0.337 e. The zero-order chi connectivity index (χ0) is 22.5. The molecule has 8 heteroatoms. The Bertz CT molecular complexity index is 1140. The van der Waals surface area contributed by atoms with E-state index in [1.165, 1.54) is 29.7 Å². The zero-order valence-corrected chi connectivity index (χ0v) is 17.8. The first kappa shape index (κ1) is 22.3. The number of allylic oxidation sites excluding steroid dienone is 2.